The van der Waals surface area contributed by atoms with Gasteiger partial charge in [0.2, 0.25) is 0 Å². The molecule has 60 heavy (non-hydrogen) atoms. The predicted molar refractivity (Wildman–Crippen MR) is 209 cm³/mol. The number of rotatable bonds is 34. The molecule has 21 N–H and O–H groups in total. The van der Waals surface area contributed by atoms with Crippen molar-refractivity contribution in [3.8, 4) is 0 Å². The molecule has 0 amide bonds. The first-order valence-corrected chi connectivity index (χ1v) is 19.0. The summed E-state index contributed by atoms with van der Waals surface area (Å²) in [7, 11) is 0. The van der Waals surface area contributed by atoms with Crippen LogP contribution >= 0.6 is 0 Å². The molecular formula is C36H80O24. The molecule has 0 unspecified atom stereocenters. The van der Waals surface area contributed by atoms with E-state index in [-0.39, 0.29) is 59.5 Å². The van der Waals surface area contributed by atoms with Gasteiger partial charge in [-0.05, 0) is 6.42 Å². The molecule has 24 heteroatoms. The third-order valence-electron chi connectivity index (χ3n) is 10.2. The Labute approximate surface area is 351 Å². The minimum atomic E-state index is -1.24. The van der Waals surface area contributed by atoms with Gasteiger partial charge in [-0.1, -0.05) is 6.92 Å². The highest BCUT2D eigenvalue weighted by Gasteiger charge is 2.36. The average molecular weight is 897 g/mol. The number of hydrogen-bond acceptors (Lipinski definition) is 24. The lowest BCUT2D eigenvalue weighted by atomic mass is 9.88. The Morgan fingerprint density at radius 3 is 0.417 bits per heavy atom. The van der Waals surface area contributed by atoms with Gasteiger partial charge in [0.05, 0.1) is 211 Å². The first-order valence-electron chi connectivity index (χ1n) is 19.0. The Hall–Kier alpha value is -0.960. The van der Waals surface area contributed by atoms with Gasteiger partial charge in [0.1, 0.15) is 0 Å². The van der Waals surface area contributed by atoms with Crippen molar-refractivity contribution in [1.29, 1.82) is 0 Å². The van der Waals surface area contributed by atoms with Gasteiger partial charge < -0.3 is 121 Å². The van der Waals surface area contributed by atoms with Crippen LogP contribution in [-0.4, -0.2) is 286 Å². The number of aliphatic hydroxyl groups excluding tert-OH is 21. The summed E-state index contributed by atoms with van der Waals surface area (Å²) in [5.41, 5.74) is -7.79. The van der Waals surface area contributed by atoms with Gasteiger partial charge in [-0.15, -0.1) is 0 Å². The molecule has 0 rings (SSSR count). The largest absolute Gasteiger partial charge is 0.396 e. The van der Waals surface area contributed by atoms with Gasteiger partial charge in [-0.2, -0.15) is 0 Å². The van der Waals surface area contributed by atoms with Crippen LogP contribution in [0.15, 0.2) is 0 Å². The normalized spacial score (nSPS) is 12.9. The number of ether oxygens (including phenoxy) is 3. The fourth-order valence-corrected chi connectivity index (χ4v) is 3.66. The number of hydrogen-bond donors (Lipinski definition) is 21. The molecule has 0 fully saturated rings. The minimum absolute atomic E-state index is 0.141. The van der Waals surface area contributed by atoms with Gasteiger partial charge >= 0.3 is 0 Å². The molecule has 0 aliphatic rings. The van der Waals surface area contributed by atoms with E-state index in [1.54, 1.807) is 0 Å². The van der Waals surface area contributed by atoms with Crippen LogP contribution < -0.4 is 0 Å². The molecular weight excluding hydrogens is 816 g/mol. The van der Waals surface area contributed by atoms with Crippen LogP contribution in [0.1, 0.15) is 13.3 Å². The van der Waals surface area contributed by atoms with Crippen LogP contribution in [0.3, 0.4) is 0 Å². The second-order valence-corrected chi connectivity index (χ2v) is 15.7. The summed E-state index contributed by atoms with van der Waals surface area (Å²) >= 11 is 0. The zero-order chi connectivity index (χ0) is 47.4. The van der Waals surface area contributed by atoms with Crippen molar-refractivity contribution in [2.24, 2.45) is 37.9 Å². The first-order chi connectivity index (χ1) is 28.5. The topological polar surface area (TPSA) is 453 Å². The van der Waals surface area contributed by atoms with Crippen molar-refractivity contribution >= 4 is 0 Å². The van der Waals surface area contributed by atoms with Crippen LogP contribution in [0, 0.1) is 37.9 Å². The summed E-state index contributed by atoms with van der Waals surface area (Å²) in [4.78, 5) is 0. The Kier molecular flexibility index (Phi) is 39.8. The molecule has 0 aliphatic carbocycles. The van der Waals surface area contributed by atoms with E-state index in [1.165, 1.54) is 0 Å². The van der Waals surface area contributed by atoms with E-state index in [9.17, 15) is 40.9 Å². The molecule has 0 atom stereocenters. The second-order valence-electron chi connectivity index (χ2n) is 15.7. The van der Waals surface area contributed by atoms with Crippen LogP contribution in [0.25, 0.3) is 0 Å². The summed E-state index contributed by atoms with van der Waals surface area (Å²) in [6.07, 6.45) is 0.594. The second kappa shape index (κ2) is 36.4. The Morgan fingerprint density at radius 2 is 0.333 bits per heavy atom. The first kappa shape index (κ1) is 65.7. The van der Waals surface area contributed by atoms with Gasteiger partial charge in [-0.25, -0.2) is 0 Å². The highest BCUT2D eigenvalue weighted by Crippen LogP contribution is 2.24. The molecule has 0 aliphatic heterocycles. The van der Waals surface area contributed by atoms with Gasteiger partial charge in [0.15, 0.2) is 0 Å². The summed E-state index contributed by atoms with van der Waals surface area (Å²) < 4.78 is 15.9. The van der Waals surface area contributed by atoms with Crippen molar-refractivity contribution in [1.82, 2.24) is 0 Å². The zero-order valence-electron chi connectivity index (χ0n) is 34.9. The highest BCUT2D eigenvalue weighted by molar-refractivity contribution is 4.83. The van der Waals surface area contributed by atoms with E-state index >= 15 is 0 Å². The molecule has 0 heterocycles. The maximum Gasteiger partial charge on any atom is 0.0632 e. The van der Waals surface area contributed by atoms with Crippen LogP contribution in [0.2, 0.25) is 0 Å². The molecule has 0 aromatic heterocycles. The SMILES string of the molecule is CCC(CO)(CO)CO.OCC(CO)(CO)CO.OCC(CO)(CO)COCC(CO)(CO)CO.OCC(CO)(CO)COCC(CO)(CO)COCC(CO)(CO)CO. The molecule has 0 bridgehead atoms. The van der Waals surface area contributed by atoms with Gasteiger partial charge in [0.25, 0.3) is 0 Å². The average Bonchev–Trinajstić information content (AvgIpc) is 3.32. The zero-order valence-corrected chi connectivity index (χ0v) is 34.9. The van der Waals surface area contributed by atoms with Crippen LogP contribution in [0.4, 0.5) is 0 Å². The standard InChI is InChI=1S/C15H32O10.C10H22O7.C6H14O3.C5H12O4/c16-1-13(2-17,3-18)9-24-11-15(7-22,8-23)12-25-10-14(4-19,5-20)6-21;11-1-9(2-12,3-13)7-17-8-10(4-14,5-15)6-16;1-2-6(3-7,4-8)5-9;6-1-5(2-7,3-8)4-9/h16-23H,1-12H2;11-16H,1-8H2;7-9H,2-5H2,1H3;6-9H,1-4H2. The molecule has 0 aromatic carbocycles. The lowest BCUT2D eigenvalue weighted by Gasteiger charge is -2.34. The molecule has 24 nitrogen and oxygen atoms in total. The van der Waals surface area contributed by atoms with Crippen molar-refractivity contribution in [3.63, 3.8) is 0 Å². The monoisotopic (exact) mass is 897 g/mol. The van der Waals surface area contributed by atoms with E-state index in [2.05, 4.69) is 0 Å². The highest BCUT2D eigenvalue weighted by atomic mass is 16.5. The Morgan fingerprint density at radius 1 is 0.200 bits per heavy atom. The molecule has 0 spiro atoms. The van der Waals surface area contributed by atoms with E-state index in [0.29, 0.717) is 6.42 Å². The van der Waals surface area contributed by atoms with E-state index in [1.807, 2.05) is 6.92 Å². The van der Waals surface area contributed by atoms with Gasteiger partial charge in [-0.3, -0.25) is 0 Å². The summed E-state index contributed by atoms with van der Waals surface area (Å²) in [5.74, 6) is 0. The summed E-state index contributed by atoms with van der Waals surface area (Å²) in [6, 6.07) is 0. The Balaban J connectivity index is -0.000000384. The third kappa shape index (κ3) is 22.6. The lowest BCUT2D eigenvalue weighted by Crippen LogP contribution is -2.45. The van der Waals surface area contributed by atoms with E-state index in [4.69, 9.17) is 80.6 Å². The van der Waals surface area contributed by atoms with Crippen molar-refractivity contribution in [2.75, 3.05) is 178 Å². The van der Waals surface area contributed by atoms with Crippen molar-refractivity contribution in [3.05, 3.63) is 0 Å². The smallest absolute Gasteiger partial charge is 0.0632 e. The van der Waals surface area contributed by atoms with Crippen LogP contribution in [-0.2, 0) is 14.2 Å². The van der Waals surface area contributed by atoms with Crippen LogP contribution in [0.5, 0.6) is 0 Å². The summed E-state index contributed by atoms with van der Waals surface area (Å²) in [6.45, 7) is -8.10. The minimum Gasteiger partial charge on any atom is -0.396 e. The third-order valence-corrected chi connectivity index (χ3v) is 10.2. The van der Waals surface area contributed by atoms with E-state index < -0.39 is 157 Å². The van der Waals surface area contributed by atoms with Gasteiger partial charge in [0, 0.05) is 5.41 Å². The molecule has 0 saturated carbocycles. The summed E-state index contributed by atoms with van der Waals surface area (Å²) in [5, 5.41) is 189. The quantitative estimate of drug-likeness (QED) is 0.0285. The molecule has 368 valence electrons. The fourth-order valence-electron chi connectivity index (χ4n) is 3.66. The number of aliphatic hydroxyl groups is 21. The maximum absolute atomic E-state index is 9.56. The predicted octanol–water partition coefficient (Wildman–Crippen LogP) is -9.85. The lowest BCUT2D eigenvalue weighted by molar-refractivity contribution is -0.127. The van der Waals surface area contributed by atoms with Crippen molar-refractivity contribution < 1.29 is 121 Å². The van der Waals surface area contributed by atoms with Crippen molar-refractivity contribution in [2.45, 2.75) is 13.3 Å². The molecule has 0 radical (unpaired) electrons. The van der Waals surface area contributed by atoms with E-state index in [0.717, 1.165) is 0 Å². The Bertz CT molecular complexity index is 784. The maximum atomic E-state index is 9.56. The molecule has 0 saturated heterocycles. The fraction of sp³-hybridized carbons (Fsp3) is 1.00. The molecule has 0 aromatic rings.